The molecule has 1 amide bonds. The van der Waals surface area contributed by atoms with E-state index < -0.39 is 17.5 Å². The Morgan fingerprint density at radius 2 is 2.13 bits per heavy atom. The van der Waals surface area contributed by atoms with Gasteiger partial charge in [-0.15, -0.1) is 0 Å². The molecule has 0 radical (unpaired) electrons. The van der Waals surface area contributed by atoms with E-state index in [4.69, 9.17) is 5.73 Å². The van der Waals surface area contributed by atoms with Gasteiger partial charge in [-0.05, 0) is 23.8 Å². The van der Waals surface area contributed by atoms with Crippen molar-refractivity contribution in [3.63, 3.8) is 0 Å². The molecular formula is C10H9F2NO2. The Labute approximate surface area is 85.1 Å². The molecule has 0 atom stereocenters. The summed E-state index contributed by atoms with van der Waals surface area (Å²) in [5, 5.41) is 0. The van der Waals surface area contributed by atoms with Crippen molar-refractivity contribution in [3.8, 4) is 5.75 Å². The molecule has 0 saturated carbocycles. The fourth-order valence-electron chi connectivity index (χ4n) is 1.01. The molecule has 80 valence electrons. The highest BCUT2D eigenvalue weighted by molar-refractivity contribution is 5.90. The molecule has 0 saturated heterocycles. The molecule has 0 heterocycles. The highest BCUT2D eigenvalue weighted by Crippen LogP contribution is 2.22. The fourth-order valence-corrected chi connectivity index (χ4v) is 1.01. The van der Waals surface area contributed by atoms with E-state index in [-0.39, 0.29) is 5.75 Å². The van der Waals surface area contributed by atoms with Crippen LogP contribution in [0.4, 0.5) is 8.78 Å². The summed E-state index contributed by atoms with van der Waals surface area (Å²) in [7, 11) is 1.22. The summed E-state index contributed by atoms with van der Waals surface area (Å²) in [6, 6.07) is 2.20. The Balaban J connectivity index is 3.11. The lowest BCUT2D eigenvalue weighted by Crippen LogP contribution is -2.05. The van der Waals surface area contributed by atoms with Crippen molar-refractivity contribution in [3.05, 3.63) is 35.4 Å². The van der Waals surface area contributed by atoms with Gasteiger partial charge in [-0.1, -0.05) is 0 Å². The molecule has 0 aliphatic heterocycles. The van der Waals surface area contributed by atoms with Crippen LogP contribution in [0.15, 0.2) is 18.2 Å². The lowest BCUT2D eigenvalue weighted by molar-refractivity contribution is -0.113. The second kappa shape index (κ2) is 4.54. The van der Waals surface area contributed by atoms with Crippen molar-refractivity contribution in [2.45, 2.75) is 0 Å². The third-order valence-corrected chi connectivity index (χ3v) is 1.68. The number of primary amides is 1. The van der Waals surface area contributed by atoms with Gasteiger partial charge in [0.1, 0.15) is 0 Å². The van der Waals surface area contributed by atoms with Gasteiger partial charge in [0.25, 0.3) is 0 Å². The molecule has 0 aromatic heterocycles. The molecule has 5 heteroatoms. The number of hydrogen-bond donors (Lipinski definition) is 1. The zero-order valence-electron chi connectivity index (χ0n) is 7.96. The van der Waals surface area contributed by atoms with Crippen LogP contribution in [0.2, 0.25) is 0 Å². The van der Waals surface area contributed by atoms with Crippen LogP contribution in [0.25, 0.3) is 6.08 Å². The molecule has 0 fully saturated rings. The Morgan fingerprint density at radius 3 is 2.67 bits per heavy atom. The number of carbonyl (C=O) groups excluding carboxylic acids is 1. The van der Waals surface area contributed by atoms with E-state index in [1.54, 1.807) is 0 Å². The SMILES string of the molecule is COc1cc(C=CC(N)=O)cc(F)c1F. The van der Waals surface area contributed by atoms with Crippen LogP contribution in [-0.4, -0.2) is 13.0 Å². The maximum absolute atomic E-state index is 13.0. The maximum atomic E-state index is 13.0. The zero-order chi connectivity index (χ0) is 11.4. The lowest BCUT2D eigenvalue weighted by Gasteiger charge is -2.03. The van der Waals surface area contributed by atoms with E-state index in [1.807, 2.05) is 0 Å². The van der Waals surface area contributed by atoms with Gasteiger partial charge < -0.3 is 10.5 Å². The largest absolute Gasteiger partial charge is 0.494 e. The van der Waals surface area contributed by atoms with Gasteiger partial charge in [0.2, 0.25) is 11.7 Å². The topological polar surface area (TPSA) is 52.3 Å². The van der Waals surface area contributed by atoms with E-state index in [1.165, 1.54) is 19.3 Å². The number of ether oxygens (including phenoxy) is 1. The number of nitrogens with two attached hydrogens (primary N) is 1. The lowest BCUT2D eigenvalue weighted by atomic mass is 10.2. The standard InChI is InChI=1S/C10H9F2NO2/c1-15-8-5-6(2-3-9(13)14)4-7(11)10(8)12/h2-5H,1H3,(H2,13,14). The van der Waals surface area contributed by atoms with Crippen LogP contribution in [0.3, 0.4) is 0 Å². The molecule has 2 N–H and O–H groups in total. The first-order valence-electron chi connectivity index (χ1n) is 4.05. The summed E-state index contributed by atoms with van der Waals surface area (Å²) in [6.45, 7) is 0. The molecule has 0 unspecified atom stereocenters. The predicted molar refractivity (Wildman–Crippen MR) is 51.1 cm³/mol. The Kier molecular flexibility index (Phi) is 3.38. The van der Waals surface area contributed by atoms with Crippen LogP contribution in [0.1, 0.15) is 5.56 Å². The number of amides is 1. The van der Waals surface area contributed by atoms with Crippen molar-refractivity contribution in [1.82, 2.24) is 0 Å². The highest BCUT2D eigenvalue weighted by Gasteiger charge is 2.09. The molecule has 3 nitrogen and oxygen atoms in total. The molecule has 1 rings (SSSR count). The summed E-state index contributed by atoms with van der Waals surface area (Å²) in [5.74, 6) is -3.00. The minimum absolute atomic E-state index is 0.223. The molecule has 1 aromatic rings. The maximum Gasteiger partial charge on any atom is 0.241 e. The van der Waals surface area contributed by atoms with Crippen molar-refractivity contribution in [1.29, 1.82) is 0 Å². The van der Waals surface area contributed by atoms with E-state index in [0.29, 0.717) is 5.56 Å². The minimum atomic E-state index is -1.06. The van der Waals surface area contributed by atoms with Crippen molar-refractivity contribution in [2.75, 3.05) is 7.11 Å². The van der Waals surface area contributed by atoms with Crippen molar-refractivity contribution >= 4 is 12.0 Å². The van der Waals surface area contributed by atoms with Gasteiger partial charge in [0.15, 0.2) is 11.6 Å². The number of hydrogen-bond acceptors (Lipinski definition) is 2. The summed E-state index contributed by atoms with van der Waals surface area (Å²) in [4.78, 5) is 10.4. The summed E-state index contributed by atoms with van der Waals surface area (Å²) >= 11 is 0. The normalized spacial score (nSPS) is 10.6. The third kappa shape index (κ3) is 2.77. The summed E-state index contributed by atoms with van der Waals surface area (Å²) in [6.07, 6.45) is 2.32. The molecule has 1 aromatic carbocycles. The highest BCUT2D eigenvalue weighted by atomic mass is 19.2. The van der Waals surface area contributed by atoms with Gasteiger partial charge in [0.05, 0.1) is 7.11 Å². The van der Waals surface area contributed by atoms with Crippen LogP contribution in [-0.2, 0) is 4.79 Å². The van der Waals surface area contributed by atoms with E-state index in [9.17, 15) is 13.6 Å². The number of carbonyl (C=O) groups is 1. The number of methoxy groups -OCH3 is 1. The monoisotopic (exact) mass is 213 g/mol. The fraction of sp³-hybridized carbons (Fsp3) is 0.100. The number of halogens is 2. The molecule has 0 aliphatic rings. The smallest absolute Gasteiger partial charge is 0.241 e. The first-order valence-corrected chi connectivity index (χ1v) is 4.05. The van der Waals surface area contributed by atoms with Crippen LogP contribution in [0.5, 0.6) is 5.75 Å². The Morgan fingerprint density at radius 1 is 1.47 bits per heavy atom. The number of rotatable bonds is 3. The third-order valence-electron chi connectivity index (χ3n) is 1.68. The average molecular weight is 213 g/mol. The van der Waals surface area contributed by atoms with Crippen LogP contribution >= 0.6 is 0 Å². The first-order chi connectivity index (χ1) is 7.04. The van der Waals surface area contributed by atoms with Gasteiger partial charge in [-0.3, -0.25) is 4.79 Å². The summed E-state index contributed by atoms with van der Waals surface area (Å²) < 4.78 is 30.5. The molecular weight excluding hydrogens is 204 g/mol. The Hall–Kier alpha value is -1.91. The molecule has 0 aliphatic carbocycles. The van der Waals surface area contributed by atoms with E-state index in [2.05, 4.69) is 4.74 Å². The van der Waals surface area contributed by atoms with Gasteiger partial charge in [0, 0.05) is 6.08 Å². The first kappa shape index (κ1) is 11.2. The van der Waals surface area contributed by atoms with Crippen molar-refractivity contribution in [2.24, 2.45) is 5.73 Å². The van der Waals surface area contributed by atoms with E-state index >= 15 is 0 Å². The van der Waals surface area contributed by atoms with Gasteiger partial charge in [-0.2, -0.15) is 4.39 Å². The van der Waals surface area contributed by atoms with E-state index in [0.717, 1.165) is 12.1 Å². The minimum Gasteiger partial charge on any atom is -0.494 e. The quantitative estimate of drug-likeness (QED) is 0.773. The molecule has 0 spiro atoms. The second-order valence-electron chi connectivity index (χ2n) is 2.75. The summed E-state index contributed by atoms with van der Waals surface area (Å²) in [5.41, 5.74) is 5.15. The number of benzene rings is 1. The molecule has 0 bridgehead atoms. The average Bonchev–Trinajstić information content (AvgIpc) is 2.19. The van der Waals surface area contributed by atoms with Crippen molar-refractivity contribution < 1.29 is 18.3 Å². The van der Waals surface area contributed by atoms with Crippen LogP contribution < -0.4 is 10.5 Å². The van der Waals surface area contributed by atoms with Gasteiger partial charge in [-0.25, -0.2) is 4.39 Å². The predicted octanol–water partition coefficient (Wildman–Crippen LogP) is 1.47. The molecule has 15 heavy (non-hydrogen) atoms. The second-order valence-corrected chi connectivity index (χ2v) is 2.75. The van der Waals surface area contributed by atoms with Gasteiger partial charge >= 0.3 is 0 Å². The zero-order valence-corrected chi connectivity index (χ0v) is 7.96. The Bertz CT molecular complexity index is 416. The van der Waals surface area contributed by atoms with Crippen LogP contribution in [0, 0.1) is 11.6 Å².